The molecule has 126 valence electrons. The number of ether oxygens (including phenoxy) is 2. The van der Waals surface area contributed by atoms with E-state index in [0.717, 1.165) is 0 Å². The predicted molar refractivity (Wildman–Crippen MR) is 87.4 cm³/mol. The van der Waals surface area contributed by atoms with Crippen LogP contribution >= 0.6 is 0 Å². The molecule has 2 aliphatic rings. The van der Waals surface area contributed by atoms with E-state index in [1.807, 2.05) is 0 Å². The monoisotopic (exact) mass is 338 g/mol. The topological polar surface area (TPSA) is 89.9 Å². The second kappa shape index (κ2) is 5.44. The minimum absolute atomic E-state index is 0.00872. The minimum Gasteiger partial charge on any atom is -0.507 e. The van der Waals surface area contributed by atoms with E-state index in [-0.39, 0.29) is 40.4 Å². The summed E-state index contributed by atoms with van der Waals surface area (Å²) >= 11 is 0. The third kappa shape index (κ3) is 2.14. The van der Waals surface area contributed by atoms with Crippen LogP contribution in [0.2, 0.25) is 0 Å². The zero-order valence-corrected chi connectivity index (χ0v) is 13.3. The second-order valence-electron chi connectivity index (χ2n) is 6.07. The van der Waals surface area contributed by atoms with E-state index in [2.05, 4.69) is 4.74 Å². The standard InChI is InChI=1S/C19H14O6/c1-24-19(23)14-7-11-13(8-25-14)16(20)12-6-9-4-2-3-5-10(9)17(21)15(12)18(11)22/h2-6,8,11,14,21H,7H2,1H3. The van der Waals surface area contributed by atoms with E-state index < -0.39 is 18.0 Å². The summed E-state index contributed by atoms with van der Waals surface area (Å²) in [6.45, 7) is 0. The number of fused-ring (bicyclic) bond motifs is 3. The van der Waals surface area contributed by atoms with Crippen molar-refractivity contribution in [3.05, 3.63) is 53.3 Å². The molecule has 2 aromatic carbocycles. The zero-order chi connectivity index (χ0) is 17.7. The number of rotatable bonds is 1. The average molecular weight is 338 g/mol. The van der Waals surface area contributed by atoms with E-state index in [9.17, 15) is 19.5 Å². The third-order valence-corrected chi connectivity index (χ3v) is 4.74. The number of esters is 1. The maximum Gasteiger partial charge on any atom is 0.347 e. The Morgan fingerprint density at radius 2 is 2.04 bits per heavy atom. The van der Waals surface area contributed by atoms with Gasteiger partial charge in [0.25, 0.3) is 0 Å². The lowest BCUT2D eigenvalue weighted by molar-refractivity contribution is -0.152. The van der Waals surface area contributed by atoms with Gasteiger partial charge in [-0.05, 0) is 11.5 Å². The van der Waals surface area contributed by atoms with Crippen molar-refractivity contribution in [3.8, 4) is 5.75 Å². The molecule has 6 nitrogen and oxygen atoms in total. The quantitative estimate of drug-likeness (QED) is 0.803. The van der Waals surface area contributed by atoms with Crippen LogP contribution < -0.4 is 0 Å². The zero-order valence-electron chi connectivity index (χ0n) is 13.3. The lowest BCUT2D eigenvalue weighted by atomic mass is 9.74. The van der Waals surface area contributed by atoms with Crippen molar-refractivity contribution in [2.24, 2.45) is 5.92 Å². The molecule has 1 heterocycles. The molecule has 6 heteroatoms. The van der Waals surface area contributed by atoms with Crippen LogP contribution in [0.1, 0.15) is 27.1 Å². The molecule has 2 atom stereocenters. The lowest BCUT2D eigenvalue weighted by Crippen LogP contribution is -2.39. The number of phenols is 1. The molecule has 4 rings (SSSR count). The summed E-state index contributed by atoms with van der Waals surface area (Å²) in [5, 5.41) is 11.8. The predicted octanol–water partition coefficient (Wildman–Crippen LogP) is 2.39. The van der Waals surface area contributed by atoms with Crippen LogP contribution in [-0.2, 0) is 14.3 Å². The highest BCUT2D eigenvalue weighted by atomic mass is 16.6. The number of Topliss-reactive ketones (excluding diaryl/α,β-unsaturated/α-hetero) is 2. The van der Waals surface area contributed by atoms with E-state index in [1.54, 1.807) is 30.3 Å². The van der Waals surface area contributed by atoms with Crippen molar-refractivity contribution >= 4 is 28.3 Å². The van der Waals surface area contributed by atoms with Crippen LogP contribution in [0, 0.1) is 5.92 Å². The molecule has 0 aromatic heterocycles. The molecule has 2 unspecified atom stereocenters. The summed E-state index contributed by atoms with van der Waals surface area (Å²) in [5.41, 5.74) is 0.368. The number of carbonyl (C=O) groups excluding carboxylic acids is 3. The van der Waals surface area contributed by atoms with Crippen molar-refractivity contribution in [2.75, 3.05) is 7.11 Å². The van der Waals surface area contributed by atoms with Crippen LogP contribution in [-0.4, -0.2) is 35.9 Å². The number of allylic oxidation sites excluding steroid dienone is 1. The van der Waals surface area contributed by atoms with Gasteiger partial charge in [0.05, 0.1) is 24.9 Å². The van der Waals surface area contributed by atoms with Gasteiger partial charge in [-0.15, -0.1) is 0 Å². The Balaban J connectivity index is 1.89. The molecule has 2 aromatic rings. The smallest absolute Gasteiger partial charge is 0.347 e. The first-order valence-corrected chi connectivity index (χ1v) is 7.80. The lowest BCUT2D eigenvalue weighted by Gasteiger charge is -2.31. The molecule has 0 bridgehead atoms. The largest absolute Gasteiger partial charge is 0.507 e. The van der Waals surface area contributed by atoms with Crippen LogP contribution in [0.4, 0.5) is 0 Å². The first kappa shape index (κ1) is 15.4. The van der Waals surface area contributed by atoms with Gasteiger partial charge >= 0.3 is 5.97 Å². The number of ketones is 2. The fraction of sp³-hybridized carbons (Fsp3) is 0.211. The van der Waals surface area contributed by atoms with E-state index in [0.29, 0.717) is 10.8 Å². The highest BCUT2D eigenvalue weighted by molar-refractivity contribution is 6.26. The number of hydrogen-bond acceptors (Lipinski definition) is 6. The fourth-order valence-corrected chi connectivity index (χ4v) is 3.46. The molecule has 1 aliphatic carbocycles. The maximum absolute atomic E-state index is 13.0. The van der Waals surface area contributed by atoms with Crippen molar-refractivity contribution in [2.45, 2.75) is 12.5 Å². The summed E-state index contributed by atoms with van der Waals surface area (Å²) in [5.74, 6) is -2.40. The molecule has 25 heavy (non-hydrogen) atoms. The van der Waals surface area contributed by atoms with E-state index in [4.69, 9.17) is 4.74 Å². The Labute approximate surface area is 142 Å². The molecule has 0 saturated carbocycles. The van der Waals surface area contributed by atoms with Crippen molar-refractivity contribution in [1.29, 1.82) is 0 Å². The Hall–Kier alpha value is -3.15. The molecule has 0 fully saturated rings. The van der Waals surface area contributed by atoms with Gasteiger partial charge in [-0.25, -0.2) is 4.79 Å². The number of methoxy groups -OCH3 is 1. The summed E-state index contributed by atoms with van der Waals surface area (Å²) < 4.78 is 9.92. The molecule has 0 spiro atoms. The van der Waals surface area contributed by atoms with Gasteiger partial charge in [-0.2, -0.15) is 0 Å². The number of phenolic OH excluding ortho intramolecular Hbond substituents is 1. The molecule has 0 saturated heterocycles. The summed E-state index contributed by atoms with van der Waals surface area (Å²) in [7, 11) is 1.23. The average Bonchev–Trinajstić information content (AvgIpc) is 2.65. The number of benzene rings is 2. The van der Waals surface area contributed by atoms with E-state index >= 15 is 0 Å². The van der Waals surface area contributed by atoms with Crippen molar-refractivity contribution in [3.63, 3.8) is 0 Å². The van der Waals surface area contributed by atoms with Crippen LogP contribution in [0.15, 0.2) is 42.2 Å². The van der Waals surface area contributed by atoms with Gasteiger partial charge in [0, 0.05) is 22.9 Å². The van der Waals surface area contributed by atoms with Gasteiger partial charge < -0.3 is 14.6 Å². The summed E-state index contributed by atoms with van der Waals surface area (Å²) in [6.07, 6.45) is 0.236. The highest BCUT2D eigenvalue weighted by Crippen LogP contribution is 2.42. The maximum atomic E-state index is 13.0. The Morgan fingerprint density at radius 3 is 2.80 bits per heavy atom. The molecule has 1 N–H and O–H groups in total. The second-order valence-corrected chi connectivity index (χ2v) is 6.07. The highest BCUT2D eigenvalue weighted by Gasteiger charge is 2.44. The molecular formula is C19H14O6. The van der Waals surface area contributed by atoms with E-state index in [1.165, 1.54) is 13.4 Å². The van der Waals surface area contributed by atoms with Gasteiger partial charge in [0.1, 0.15) is 5.75 Å². The van der Waals surface area contributed by atoms with Gasteiger partial charge in [-0.1, -0.05) is 24.3 Å². The first-order chi connectivity index (χ1) is 12.0. The number of carbonyl (C=O) groups is 3. The molecule has 0 amide bonds. The van der Waals surface area contributed by atoms with Crippen LogP contribution in [0.25, 0.3) is 10.8 Å². The van der Waals surface area contributed by atoms with Crippen molar-refractivity contribution in [1.82, 2.24) is 0 Å². The number of aromatic hydroxyl groups is 1. The Kier molecular flexibility index (Phi) is 3.35. The Bertz CT molecular complexity index is 971. The molecular weight excluding hydrogens is 324 g/mol. The normalized spacial score (nSPS) is 21.9. The van der Waals surface area contributed by atoms with Crippen molar-refractivity contribution < 1.29 is 29.0 Å². The first-order valence-electron chi connectivity index (χ1n) is 7.80. The van der Waals surface area contributed by atoms with Gasteiger partial charge in [0.2, 0.25) is 0 Å². The van der Waals surface area contributed by atoms with Crippen LogP contribution in [0.5, 0.6) is 5.75 Å². The summed E-state index contributed by atoms with van der Waals surface area (Å²) in [4.78, 5) is 37.5. The SMILES string of the molecule is COC(=O)C1CC2C(=O)c3c(cc4ccccc4c3O)C(=O)C2=CO1. The Morgan fingerprint density at radius 1 is 1.28 bits per heavy atom. The molecule has 0 radical (unpaired) electrons. The molecule has 1 aliphatic heterocycles. The number of hydrogen-bond donors (Lipinski definition) is 1. The third-order valence-electron chi connectivity index (χ3n) is 4.74. The van der Waals surface area contributed by atoms with Gasteiger partial charge in [-0.3, -0.25) is 9.59 Å². The minimum atomic E-state index is -0.945. The van der Waals surface area contributed by atoms with Gasteiger partial charge in [0.15, 0.2) is 17.7 Å². The van der Waals surface area contributed by atoms with Crippen LogP contribution in [0.3, 0.4) is 0 Å². The fourth-order valence-electron chi connectivity index (χ4n) is 3.46. The summed E-state index contributed by atoms with van der Waals surface area (Å²) in [6, 6.07) is 8.59.